The maximum Gasteiger partial charge on any atom is 0.258 e. The van der Waals surface area contributed by atoms with Gasteiger partial charge in [-0.1, -0.05) is 6.07 Å². The molecule has 0 spiro atoms. The van der Waals surface area contributed by atoms with E-state index in [1.165, 1.54) is 12.4 Å². The van der Waals surface area contributed by atoms with Gasteiger partial charge < -0.3 is 19.4 Å². The third-order valence-electron chi connectivity index (χ3n) is 4.07. The lowest BCUT2D eigenvalue weighted by molar-refractivity contribution is -0.123. The first kappa shape index (κ1) is 21.3. The highest BCUT2D eigenvalue weighted by atomic mass is 79.9. The van der Waals surface area contributed by atoms with Gasteiger partial charge in [0, 0.05) is 25.0 Å². The second-order valence-corrected chi connectivity index (χ2v) is 7.01. The number of nitrogens with one attached hydrogen (secondary N) is 1. The lowest BCUT2D eigenvalue weighted by Crippen LogP contribution is -2.28. The van der Waals surface area contributed by atoms with Gasteiger partial charge in [-0.2, -0.15) is 5.26 Å². The van der Waals surface area contributed by atoms with Crippen LogP contribution in [-0.4, -0.2) is 28.7 Å². The maximum atomic E-state index is 14.3. The van der Waals surface area contributed by atoms with Gasteiger partial charge in [0.2, 0.25) is 0 Å². The Bertz CT molecular complexity index is 1080. The van der Waals surface area contributed by atoms with E-state index in [9.17, 15) is 9.18 Å². The highest BCUT2D eigenvalue weighted by Crippen LogP contribution is 2.36. The fourth-order valence-electron chi connectivity index (χ4n) is 2.70. The van der Waals surface area contributed by atoms with Gasteiger partial charge in [-0.15, -0.1) is 0 Å². The Kier molecular flexibility index (Phi) is 7.03. The highest BCUT2D eigenvalue weighted by Gasteiger charge is 2.14. The molecule has 1 heterocycles. The fourth-order valence-corrected chi connectivity index (χ4v) is 3.25. The standard InChI is InChI=1S/C21H18BrFN4O3/c1-2-29-19-9-15(10-24)7-16(22)21(19)30-12-20(28)26-11-14-3-4-18(17(23)8-14)27-6-5-25-13-27/h3-9,13H,2,11-12H2,1H3,(H,26,28). The van der Waals surface area contributed by atoms with Crippen molar-refractivity contribution in [2.45, 2.75) is 13.5 Å². The van der Waals surface area contributed by atoms with Gasteiger partial charge in [-0.25, -0.2) is 9.37 Å². The molecule has 0 bridgehead atoms. The summed E-state index contributed by atoms with van der Waals surface area (Å²) in [5, 5.41) is 11.8. The van der Waals surface area contributed by atoms with E-state index in [1.54, 1.807) is 48.1 Å². The summed E-state index contributed by atoms with van der Waals surface area (Å²) >= 11 is 3.33. The largest absolute Gasteiger partial charge is 0.490 e. The average molecular weight is 473 g/mol. The van der Waals surface area contributed by atoms with Gasteiger partial charge in [0.05, 0.1) is 34.7 Å². The van der Waals surface area contributed by atoms with Gasteiger partial charge in [0.25, 0.3) is 5.91 Å². The topological polar surface area (TPSA) is 89.2 Å². The first-order valence-corrected chi connectivity index (χ1v) is 9.83. The monoisotopic (exact) mass is 472 g/mol. The molecule has 1 aromatic heterocycles. The first-order chi connectivity index (χ1) is 14.5. The van der Waals surface area contributed by atoms with Crippen molar-refractivity contribution in [2.24, 2.45) is 0 Å². The average Bonchev–Trinajstić information content (AvgIpc) is 3.26. The van der Waals surface area contributed by atoms with E-state index in [4.69, 9.17) is 14.7 Å². The first-order valence-electron chi connectivity index (χ1n) is 9.04. The van der Waals surface area contributed by atoms with E-state index >= 15 is 0 Å². The van der Waals surface area contributed by atoms with E-state index < -0.39 is 5.82 Å². The molecule has 2 aromatic carbocycles. The van der Waals surface area contributed by atoms with E-state index in [2.05, 4.69) is 26.2 Å². The predicted octanol–water partition coefficient (Wildman–Crippen LogP) is 3.74. The van der Waals surface area contributed by atoms with Crippen molar-refractivity contribution in [3.05, 3.63) is 70.5 Å². The quantitative estimate of drug-likeness (QED) is 0.539. The van der Waals surface area contributed by atoms with Crippen molar-refractivity contribution in [1.82, 2.24) is 14.9 Å². The summed E-state index contributed by atoms with van der Waals surface area (Å²) in [6, 6.07) is 9.88. The van der Waals surface area contributed by atoms with Crippen molar-refractivity contribution in [3.8, 4) is 23.3 Å². The summed E-state index contributed by atoms with van der Waals surface area (Å²) in [5.41, 5.74) is 1.39. The number of nitriles is 1. The van der Waals surface area contributed by atoms with Crippen LogP contribution in [0.15, 0.2) is 53.5 Å². The molecule has 0 saturated carbocycles. The fraction of sp³-hybridized carbons (Fsp3) is 0.190. The number of ether oxygens (including phenoxy) is 2. The Morgan fingerprint density at radius 2 is 2.17 bits per heavy atom. The van der Waals surface area contributed by atoms with Gasteiger partial charge in [-0.3, -0.25) is 4.79 Å². The predicted molar refractivity (Wildman–Crippen MR) is 111 cm³/mol. The minimum Gasteiger partial charge on any atom is -0.490 e. The molecule has 154 valence electrons. The van der Waals surface area contributed by atoms with Gasteiger partial charge in [-0.05, 0) is 46.6 Å². The molecule has 0 aliphatic rings. The second kappa shape index (κ2) is 9.89. The number of hydrogen-bond donors (Lipinski definition) is 1. The van der Waals surface area contributed by atoms with Crippen LogP contribution >= 0.6 is 15.9 Å². The third-order valence-corrected chi connectivity index (χ3v) is 4.66. The number of benzene rings is 2. The van der Waals surface area contributed by atoms with Crippen molar-refractivity contribution in [1.29, 1.82) is 5.26 Å². The molecule has 0 saturated heterocycles. The zero-order chi connectivity index (χ0) is 21.5. The van der Waals surface area contributed by atoms with Crippen molar-refractivity contribution >= 4 is 21.8 Å². The number of aromatic nitrogens is 2. The summed E-state index contributed by atoms with van der Waals surface area (Å²) in [6.07, 6.45) is 4.72. The van der Waals surface area contributed by atoms with Crippen molar-refractivity contribution < 1.29 is 18.7 Å². The molecule has 0 aliphatic heterocycles. The number of halogens is 2. The van der Waals surface area contributed by atoms with Crippen LogP contribution < -0.4 is 14.8 Å². The van der Waals surface area contributed by atoms with Crippen LogP contribution in [0.2, 0.25) is 0 Å². The lowest BCUT2D eigenvalue weighted by Gasteiger charge is -2.14. The summed E-state index contributed by atoms with van der Waals surface area (Å²) < 4.78 is 27.5. The van der Waals surface area contributed by atoms with E-state index in [-0.39, 0.29) is 19.1 Å². The zero-order valence-electron chi connectivity index (χ0n) is 16.1. The Balaban J connectivity index is 1.59. The lowest BCUT2D eigenvalue weighted by atomic mass is 10.2. The van der Waals surface area contributed by atoms with Crippen LogP contribution in [0.3, 0.4) is 0 Å². The summed E-state index contributed by atoms with van der Waals surface area (Å²) in [4.78, 5) is 16.1. The number of rotatable bonds is 8. The minimum atomic E-state index is -0.418. The molecule has 3 rings (SSSR count). The van der Waals surface area contributed by atoms with Crippen LogP contribution in [0, 0.1) is 17.1 Å². The summed E-state index contributed by atoms with van der Waals surface area (Å²) in [5.74, 6) is -0.0956. The van der Waals surface area contributed by atoms with Gasteiger partial charge >= 0.3 is 0 Å². The Morgan fingerprint density at radius 3 is 2.83 bits per heavy atom. The molecule has 0 atom stereocenters. The van der Waals surface area contributed by atoms with Crippen LogP contribution in [-0.2, 0) is 11.3 Å². The van der Waals surface area contributed by atoms with Crippen LogP contribution in [0.25, 0.3) is 5.69 Å². The molecule has 7 nitrogen and oxygen atoms in total. The Labute approximate surface area is 181 Å². The molecule has 0 unspecified atom stereocenters. The molecule has 3 aromatic rings. The molecule has 0 radical (unpaired) electrons. The number of nitrogens with zero attached hydrogens (tertiary/aromatic N) is 3. The van der Waals surface area contributed by atoms with Gasteiger partial charge in [0.1, 0.15) is 5.82 Å². The van der Waals surface area contributed by atoms with Crippen LogP contribution in [0.4, 0.5) is 4.39 Å². The Morgan fingerprint density at radius 1 is 1.33 bits per heavy atom. The smallest absolute Gasteiger partial charge is 0.258 e. The Hall–Kier alpha value is -3.38. The van der Waals surface area contributed by atoms with E-state index in [0.717, 1.165) is 0 Å². The molecular formula is C21H18BrFN4O3. The number of hydrogen-bond acceptors (Lipinski definition) is 5. The molecule has 0 aliphatic carbocycles. The minimum absolute atomic E-state index is 0.149. The molecular weight excluding hydrogens is 455 g/mol. The molecule has 0 fully saturated rings. The molecule has 1 N–H and O–H groups in total. The summed E-state index contributed by atoms with van der Waals surface area (Å²) in [7, 11) is 0. The normalized spacial score (nSPS) is 10.3. The molecule has 30 heavy (non-hydrogen) atoms. The molecule has 1 amide bonds. The van der Waals surface area contributed by atoms with Crippen molar-refractivity contribution in [2.75, 3.05) is 13.2 Å². The number of amides is 1. The summed E-state index contributed by atoms with van der Waals surface area (Å²) in [6.45, 7) is 2.07. The van der Waals surface area contributed by atoms with Crippen molar-refractivity contribution in [3.63, 3.8) is 0 Å². The number of carbonyl (C=O) groups is 1. The molecule has 9 heteroatoms. The van der Waals surface area contributed by atoms with Crippen LogP contribution in [0.1, 0.15) is 18.1 Å². The third kappa shape index (κ3) is 5.15. The highest BCUT2D eigenvalue weighted by molar-refractivity contribution is 9.10. The second-order valence-electron chi connectivity index (χ2n) is 6.15. The van der Waals surface area contributed by atoms with E-state index in [1.807, 2.05) is 6.07 Å². The zero-order valence-corrected chi connectivity index (χ0v) is 17.6. The van der Waals surface area contributed by atoms with Crippen LogP contribution in [0.5, 0.6) is 11.5 Å². The maximum absolute atomic E-state index is 14.3. The van der Waals surface area contributed by atoms with E-state index in [0.29, 0.717) is 39.4 Å². The van der Waals surface area contributed by atoms with Gasteiger partial charge in [0.15, 0.2) is 18.1 Å². The number of carbonyl (C=O) groups excluding carboxylic acids is 1. The SMILES string of the molecule is CCOc1cc(C#N)cc(Br)c1OCC(=O)NCc1ccc(-n2ccnc2)c(F)c1. The number of imidazole rings is 1.